The molecule has 0 aliphatic heterocycles. The SMILES string of the molecule is CCOC(=O)c1sc(NC(=O)CSc2nnc(CSc3ccc(C)cc3)n2-c2ccccc2)c(C(=O)OCC)c1C. The van der Waals surface area contributed by atoms with E-state index in [1.807, 2.05) is 34.9 Å². The topological polar surface area (TPSA) is 112 Å². The van der Waals surface area contributed by atoms with Gasteiger partial charge in [0.2, 0.25) is 5.91 Å². The molecule has 2 aromatic heterocycles. The van der Waals surface area contributed by atoms with Crippen LogP contribution in [0.4, 0.5) is 5.00 Å². The van der Waals surface area contributed by atoms with Gasteiger partial charge in [-0.2, -0.15) is 0 Å². The Morgan fingerprint density at radius 3 is 2.27 bits per heavy atom. The normalized spacial score (nSPS) is 10.8. The summed E-state index contributed by atoms with van der Waals surface area (Å²) in [6.07, 6.45) is 0. The maximum absolute atomic E-state index is 13.1. The summed E-state index contributed by atoms with van der Waals surface area (Å²) in [5, 5.41) is 12.4. The van der Waals surface area contributed by atoms with Gasteiger partial charge in [-0.05, 0) is 57.5 Å². The largest absolute Gasteiger partial charge is 0.462 e. The van der Waals surface area contributed by atoms with Crippen LogP contribution in [0.25, 0.3) is 5.69 Å². The number of aryl methyl sites for hydroxylation is 1. The third-order valence-electron chi connectivity index (χ3n) is 5.78. The van der Waals surface area contributed by atoms with Crippen LogP contribution in [-0.2, 0) is 20.0 Å². The smallest absolute Gasteiger partial charge is 0.348 e. The van der Waals surface area contributed by atoms with Crippen molar-refractivity contribution in [2.75, 3.05) is 24.3 Å². The highest BCUT2D eigenvalue weighted by Crippen LogP contribution is 2.35. The van der Waals surface area contributed by atoms with Crippen molar-refractivity contribution in [1.82, 2.24) is 14.8 Å². The second-order valence-electron chi connectivity index (χ2n) is 8.71. The average molecular weight is 611 g/mol. The predicted octanol–water partition coefficient (Wildman–Crippen LogP) is 6.32. The summed E-state index contributed by atoms with van der Waals surface area (Å²) in [7, 11) is 0. The minimum atomic E-state index is -0.612. The Morgan fingerprint density at radius 1 is 0.902 bits per heavy atom. The summed E-state index contributed by atoms with van der Waals surface area (Å²) in [5.74, 6) is -0.185. The zero-order valence-electron chi connectivity index (χ0n) is 23.1. The van der Waals surface area contributed by atoms with E-state index in [1.165, 1.54) is 17.3 Å². The van der Waals surface area contributed by atoms with Crippen LogP contribution in [-0.4, -0.2) is 51.6 Å². The summed E-state index contributed by atoms with van der Waals surface area (Å²) in [6, 6.07) is 18.0. The van der Waals surface area contributed by atoms with Crippen molar-refractivity contribution in [3.8, 4) is 5.69 Å². The molecule has 1 N–H and O–H groups in total. The fourth-order valence-corrected chi connectivity index (χ4v) is 6.53. The number of ether oxygens (including phenoxy) is 2. The molecule has 12 heteroatoms. The van der Waals surface area contributed by atoms with Gasteiger partial charge < -0.3 is 14.8 Å². The molecule has 4 rings (SSSR count). The average Bonchev–Trinajstić information content (AvgIpc) is 3.52. The second kappa shape index (κ2) is 14.3. The number of benzene rings is 2. The third-order valence-corrected chi connectivity index (χ3v) is 8.90. The lowest BCUT2D eigenvalue weighted by molar-refractivity contribution is -0.113. The van der Waals surface area contributed by atoms with Crippen molar-refractivity contribution in [2.45, 2.75) is 43.5 Å². The number of nitrogens with zero attached hydrogens (tertiary/aromatic N) is 3. The first-order chi connectivity index (χ1) is 19.8. The van der Waals surface area contributed by atoms with Crippen molar-refractivity contribution >= 4 is 57.7 Å². The molecule has 2 heterocycles. The van der Waals surface area contributed by atoms with E-state index in [2.05, 4.69) is 46.7 Å². The molecule has 0 aliphatic carbocycles. The van der Waals surface area contributed by atoms with E-state index in [0.717, 1.165) is 27.7 Å². The molecule has 41 heavy (non-hydrogen) atoms. The Hall–Kier alpha value is -3.61. The van der Waals surface area contributed by atoms with Crippen molar-refractivity contribution in [3.05, 3.63) is 82.0 Å². The van der Waals surface area contributed by atoms with Crippen LogP contribution in [0.15, 0.2) is 64.6 Å². The quantitative estimate of drug-likeness (QED) is 0.145. The highest BCUT2D eigenvalue weighted by atomic mass is 32.2. The predicted molar refractivity (Wildman–Crippen MR) is 162 cm³/mol. The molecular formula is C29H30N4O5S3. The number of aromatic nitrogens is 3. The van der Waals surface area contributed by atoms with E-state index >= 15 is 0 Å². The first-order valence-electron chi connectivity index (χ1n) is 12.9. The fourth-order valence-electron chi connectivity index (χ4n) is 3.84. The van der Waals surface area contributed by atoms with Crippen LogP contribution >= 0.6 is 34.9 Å². The van der Waals surface area contributed by atoms with Crippen LogP contribution in [0.2, 0.25) is 0 Å². The number of carbonyl (C=O) groups is 3. The molecule has 2 aromatic carbocycles. The first-order valence-corrected chi connectivity index (χ1v) is 15.7. The summed E-state index contributed by atoms with van der Waals surface area (Å²) in [5.41, 5.74) is 2.65. The van der Waals surface area contributed by atoms with Crippen molar-refractivity contribution in [1.29, 1.82) is 0 Å². The summed E-state index contributed by atoms with van der Waals surface area (Å²) < 4.78 is 12.2. The van der Waals surface area contributed by atoms with Gasteiger partial charge in [0, 0.05) is 10.6 Å². The number of thiophene rings is 1. The van der Waals surface area contributed by atoms with Crippen molar-refractivity contribution < 1.29 is 23.9 Å². The lowest BCUT2D eigenvalue weighted by Gasteiger charge is -2.10. The van der Waals surface area contributed by atoms with E-state index < -0.39 is 11.9 Å². The van der Waals surface area contributed by atoms with Gasteiger partial charge in [0.05, 0.1) is 30.3 Å². The van der Waals surface area contributed by atoms with Gasteiger partial charge in [0.1, 0.15) is 15.7 Å². The van der Waals surface area contributed by atoms with Crippen LogP contribution in [0.5, 0.6) is 0 Å². The zero-order chi connectivity index (χ0) is 29.4. The number of esters is 2. The van der Waals surface area contributed by atoms with Gasteiger partial charge in [0.25, 0.3) is 0 Å². The van der Waals surface area contributed by atoms with E-state index in [0.29, 0.717) is 16.5 Å². The van der Waals surface area contributed by atoms with E-state index in [4.69, 9.17) is 9.47 Å². The highest BCUT2D eigenvalue weighted by molar-refractivity contribution is 7.99. The second-order valence-corrected chi connectivity index (χ2v) is 11.7. The molecule has 1 amide bonds. The summed E-state index contributed by atoms with van der Waals surface area (Å²) in [6.45, 7) is 7.43. The van der Waals surface area contributed by atoms with Gasteiger partial charge in [-0.3, -0.25) is 9.36 Å². The number of hydrogen-bond donors (Lipinski definition) is 1. The van der Waals surface area contributed by atoms with Gasteiger partial charge in [-0.15, -0.1) is 33.3 Å². The molecule has 0 saturated heterocycles. The monoisotopic (exact) mass is 610 g/mol. The number of anilines is 1. The molecular weight excluding hydrogens is 581 g/mol. The molecule has 0 saturated carbocycles. The lowest BCUT2D eigenvalue weighted by Crippen LogP contribution is -2.17. The molecule has 0 unspecified atom stereocenters. The van der Waals surface area contributed by atoms with E-state index in [-0.39, 0.29) is 40.3 Å². The molecule has 0 radical (unpaired) electrons. The molecule has 0 spiro atoms. The van der Waals surface area contributed by atoms with Crippen LogP contribution in [0.1, 0.15) is 50.8 Å². The van der Waals surface area contributed by atoms with Gasteiger partial charge in [-0.25, -0.2) is 9.59 Å². The Morgan fingerprint density at radius 2 is 1.59 bits per heavy atom. The van der Waals surface area contributed by atoms with Crippen LogP contribution in [0.3, 0.4) is 0 Å². The first kappa shape index (κ1) is 30.4. The molecule has 0 atom stereocenters. The summed E-state index contributed by atoms with van der Waals surface area (Å²) in [4.78, 5) is 39.6. The number of rotatable bonds is 12. The standard InChI is InChI=1S/C29H30N4O5S3/c1-5-37-27(35)24-19(4)25(28(36)38-6-2)41-26(24)30-23(34)17-40-29-32-31-22(33(29)20-10-8-7-9-11-20)16-39-21-14-12-18(3)13-15-21/h7-15H,5-6,16-17H2,1-4H3,(H,30,34). The number of nitrogens with one attached hydrogen (secondary N) is 1. The Kier molecular flexibility index (Phi) is 10.6. The molecule has 0 aliphatic rings. The Bertz CT molecular complexity index is 1520. The van der Waals surface area contributed by atoms with Crippen molar-refractivity contribution in [3.63, 3.8) is 0 Å². The minimum Gasteiger partial charge on any atom is -0.462 e. The van der Waals surface area contributed by atoms with Crippen LogP contribution < -0.4 is 5.32 Å². The van der Waals surface area contributed by atoms with Gasteiger partial charge in [-0.1, -0.05) is 47.7 Å². The maximum Gasteiger partial charge on any atom is 0.348 e. The Balaban J connectivity index is 1.52. The van der Waals surface area contributed by atoms with Gasteiger partial charge in [0.15, 0.2) is 5.16 Å². The molecule has 0 fully saturated rings. The maximum atomic E-state index is 13.1. The number of carbonyl (C=O) groups excluding carboxylic acids is 3. The third kappa shape index (κ3) is 7.57. The van der Waals surface area contributed by atoms with E-state index in [9.17, 15) is 14.4 Å². The van der Waals surface area contributed by atoms with Crippen molar-refractivity contribution in [2.24, 2.45) is 0 Å². The zero-order valence-corrected chi connectivity index (χ0v) is 25.6. The molecule has 9 nitrogen and oxygen atoms in total. The van der Waals surface area contributed by atoms with Crippen LogP contribution in [0, 0.1) is 13.8 Å². The summed E-state index contributed by atoms with van der Waals surface area (Å²) >= 11 is 3.88. The van der Waals surface area contributed by atoms with E-state index in [1.54, 1.807) is 32.5 Å². The Labute approximate surface area is 251 Å². The minimum absolute atomic E-state index is 0.00399. The molecule has 0 bridgehead atoms. The number of para-hydroxylation sites is 1. The highest BCUT2D eigenvalue weighted by Gasteiger charge is 2.27. The molecule has 214 valence electrons. The lowest BCUT2D eigenvalue weighted by atomic mass is 10.1. The fraction of sp³-hybridized carbons (Fsp3) is 0.276. The number of thioether (sulfide) groups is 2. The van der Waals surface area contributed by atoms with Gasteiger partial charge >= 0.3 is 11.9 Å². The number of amides is 1. The molecule has 4 aromatic rings. The number of hydrogen-bond acceptors (Lipinski definition) is 10.